The summed E-state index contributed by atoms with van der Waals surface area (Å²) in [6, 6.07) is 5.31. The van der Waals surface area contributed by atoms with E-state index in [0.29, 0.717) is 17.6 Å². The molecule has 2 aromatic rings. The van der Waals surface area contributed by atoms with E-state index in [1.165, 1.54) is 6.07 Å². The number of nitrogens with one attached hydrogen (secondary N) is 2. The third-order valence-electron chi connectivity index (χ3n) is 4.43. The number of rotatable bonds is 6. The van der Waals surface area contributed by atoms with Crippen molar-refractivity contribution < 1.29 is 9.13 Å². The number of ether oxygens (including phenoxy) is 1. The molecule has 3 rings (SSSR count). The zero-order chi connectivity index (χ0) is 19.2. The Hall–Kier alpha value is -2.00. The number of benzene rings is 1. The lowest BCUT2D eigenvalue weighted by Gasteiger charge is -2.25. The highest BCUT2D eigenvalue weighted by Crippen LogP contribution is 2.17. The Bertz CT molecular complexity index is 809. The van der Waals surface area contributed by atoms with Gasteiger partial charge in [-0.2, -0.15) is 5.10 Å². The molecule has 0 bridgehead atoms. The first-order chi connectivity index (χ1) is 13.1. The molecule has 0 amide bonds. The Kier molecular flexibility index (Phi) is 6.78. The number of hydrogen-bond donors (Lipinski definition) is 2. The largest absolute Gasteiger partial charge is 0.377 e. The number of hydrogen-bond acceptors (Lipinski definition) is 4. The molecule has 2 heterocycles. The van der Waals surface area contributed by atoms with E-state index in [0.717, 1.165) is 49.0 Å². The Morgan fingerprint density at radius 2 is 2.33 bits per heavy atom. The van der Waals surface area contributed by atoms with Gasteiger partial charge in [0.1, 0.15) is 18.2 Å². The fourth-order valence-electron chi connectivity index (χ4n) is 3.08. The molecular weight excluding hydrogens is 415 g/mol. The minimum atomic E-state index is -0.248. The number of halogens is 2. The van der Waals surface area contributed by atoms with E-state index in [-0.39, 0.29) is 11.9 Å². The zero-order valence-electron chi connectivity index (χ0n) is 15.5. The summed E-state index contributed by atoms with van der Waals surface area (Å²) >= 11 is 3.22. The second-order valence-corrected chi connectivity index (χ2v) is 7.29. The van der Waals surface area contributed by atoms with Crippen molar-refractivity contribution >= 4 is 21.9 Å². The van der Waals surface area contributed by atoms with Gasteiger partial charge in [-0.25, -0.2) is 14.1 Å². The first-order valence-corrected chi connectivity index (χ1v) is 9.71. The number of aryl methyl sites for hydroxylation is 1. The lowest BCUT2D eigenvalue weighted by molar-refractivity contribution is 0.177. The lowest BCUT2D eigenvalue weighted by Crippen LogP contribution is -2.47. The quantitative estimate of drug-likeness (QED) is 0.533. The Morgan fingerprint density at radius 3 is 3.07 bits per heavy atom. The molecule has 0 fully saturated rings. The minimum absolute atomic E-state index is 0.237. The fourth-order valence-corrected chi connectivity index (χ4v) is 3.50. The molecular formula is C18H24BrFN6O. The molecule has 1 unspecified atom stereocenters. The summed E-state index contributed by atoms with van der Waals surface area (Å²) in [5, 5.41) is 11.2. The first-order valence-electron chi connectivity index (χ1n) is 8.91. The van der Waals surface area contributed by atoms with Gasteiger partial charge in [0.05, 0.1) is 11.0 Å². The molecule has 2 N–H and O–H groups in total. The summed E-state index contributed by atoms with van der Waals surface area (Å²) in [6.45, 7) is 1.88. The molecule has 146 valence electrons. The van der Waals surface area contributed by atoms with Crippen molar-refractivity contribution in [1.29, 1.82) is 0 Å². The maximum Gasteiger partial charge on any atom is 0.191 e. The van der Waals surface area contributed by atoms with Gasteiger partial charge < -0.3 is 15.4 Å². The van der Waals surface area contributed by atoms with Gasteiger partial charge in [-0.05, 0) is 46.5 Å². The van der Waals surface area contributed by atoms with Crippen molar-refractivity contribution in [3.63, 3.8) is 0 Å². The molecule has 9 heteroatoms. The SMILES string of the molecule is CN=C(NCCc1ccc(F)c(Br)c1)NC1CCc2nc(COC)nn2C1. The Morgan fingerprint density at radius 1 is 1.48 bits per heavy atom. The molecule has 1 aliphatic rings. The van der Waals surface area contributed by atoms with Crippen LogP contribution in [0.5, 0.6) is 0 Å². The van der Waals surface area contributed by atoms with Gasteiger partial charge in [0.15, 0.2) is 11.8 Å². The van der Waals surface area contributed by atoms with E-state index in [1.54, 1.807) is 26.3 Å². The van der Waals surface area contributed by atoms with Gasteiger partial charge >= 0.3 is 0 Å². The van der Waals surface area contributed by atoms with Crippen LogP contribution in [0.25, 0.3) is 0 Å². The molecule has 1 atom stereocenters. The maximum atomic E-state index is 13.3. The summed E-state index contributed by atoms with van der Waals surface area (Å²) in [5.41, 5.74) is 1.06. The van der Waals surface area contributed by atoms with Crippen LogP contribution in [0.4, 0.5) is 4.39 Å². The molecule has 0 radical (unpaired) electrons. The van der Waals surface area contributed by atoms with E-state index >= 15 is 0 Å². The van der Waals surface area contributed by atoms with Crippen molar-refractivity contribution in [2.45, 2.75) is 38.5 Å². The summed E-state index contributed by atoms with van der Waals surface area (Å²) in [4.78, 5) is 8.79. The third-order valence-corrected chi connectivity index (χ3v) is 5.04. The highest BCUT2D eigenvalue weighted by molar-refractivity contribution is 9.10. The average molecular weight is 439 g/mol. The molecule has 0 saturated heterocycles. The predicted octanol–water partition coefficient (Wildman–Crippen LogP) is 2.05. The van der Waals surface area contributed by atoms with Crippen LogP contribution in [-0.4, -0.2) is 47.5 Å². The van der Waals surface area contributed by atoms with E-state index in [9.17, 15) is 4.39 Å². The van der Waals surface area contributed by atoms with Crippen LogP contribution in [0.1, 0.15) is 23.6 Å². The molecule has 27 heavy (non-hydrogen) atoms. The van der Waals surface area contributed by atoms with Crippen molar-refractivity contribution in [2.24, 2.45) is 4.99 Å². The van der Waals surface area contributed by atoms with Gasteiger partial charge in [0, 0.05) is 33.2 Å². The second kappa shape index (κ2) is 9.27. The van der Waals surface area contributed by atoms with Crippen molar-refractivity contribution in [3.8, 4) is 0 Å². The van der Waals surface area contributed by atoms with Gasteiger partial charge in [0.25, 0.3) is 0 Å². The van der Waals surface area contributed by atoms with E-state index in [4.69, 9.17) is 4.74 Å². The molecule has 0 aliphatic carbocycles. The number of aliphatic imine (C=N–C) groups is 1. The molecule has 1 aliphatic heterocycles. The Labute approximate surface area is 166 Å². The highest BCUT2D eigenvalue weighted by Gasteiger charge is 2.22. The van der Waals surface area contributed by atoms with Crippen LogP contribution in [0.15, 0.2) is 27.7 Å². The second-order valence-electron chi connectivity index (χ2n) is 6.44. The predicted molar refractivity (Wildman–Crippen MR) is 105 cm³/mol. The smallest absolute Gasteiger partial charge is 0.191 e. The van der Waals surface area contributed by atoms with Gasteiger partial charge in [0.2, 0.25) is 0 Å². The zero-order valence-corrected chi connectivity index (χ0v) is 17.1. The van der Waals surface area contributed by atoms with Crippen LogP contribution < -0.4 is 10.6 Å². The normalized spacial score (nSPS) is 16.9. The van der Waals surface area contributed by atoms with Gasteiger partial charge in [-0.15, -0.1) is 0 Å². The Balaban J connectivity index is 1.49. The number of aromatic nitrogens is 3. The van der Waals surface area contributed by atoms with Crippen molar-refractivity contribution in [2.75, 3.05) is 20.7 Å². The van der Waals surface area contributed by atoms with E-state index < -0.39 is 0 Å². The van der Waals surface area contributed by atoms with E-state index in [2.05, 4.69) is 41.6 Å². The van der Waals surface area contributed by atoms with Gasteiger partial charge in [-0.3, -0.25) is 4.99 Å². The molecule has 7 nitrogen and oxygen atoms in total. The monoisotopic (exact) mass is 438 g/mol. The van der Waals surface area contributed by atoms with Crippen LogP contribution in [0, 0.1) is 5.82 Å². The molecule has 0 spiro atoms. The maximum absolute atomic E-state index is 13.3. The summed E-state index contributed by atoms with van der Waals surface area (Å²) < 4.78 is 20.8. The van der Waals surface area contributed by atoms with Crippen molar-refractivity contribution in [3.05, 3.63) is 45.7 Å². The number of methoxy groups -OCH3 is 1. The standard InChI is InChI=1S/C18H24BrFN6O/c1-21-18(22-8-7-12-3-5-15(20)14(19)9-12)23-13-4-6-17-24-16(11-27-2)25-26(17)10-13/h3,5,9,13H,4,6-8,10-11H2,1-2H3,(H2,21,22,23). The molecule has 1 aromatic carbocycles. The molecule has 1 aromatic heterocycles. The highest BCUT2D eigenvalue weighted by atomic mass is 79.9. The minimum Gasteiger partial charge on any atom is -0.377 e. The van der Waals surface area contributed by atoms with E-state index in [1.807, 2.05) is 4.68 Å². The number of fused-ring (bicyclic) bond motifs is 1. The van der Waals surface area contributed by atoms with Crippen LogP contribution >= 0.6 is 15.9 Å². The molecule has 0 saturated carbocycles. The van der Waals surface area contributed by atoms with Crippen molar-refractivity contribution in [1.82, 2.24) is 25.4 Å². The lowest BCUT2D eigenvalue weighted by atomic mass is 10.1. The van der Waals surface area contributed by atoms with Gasteiger partial charge in [-0.1, -0.05) is 6.07 Å². The summed E-state index contributed by atoms with van der Waals surface area (Å²) in [6.07, 6.45) is 2.61. The first kappa shape index (κ1) is 19.8. The average Bonchev–Trinajstić information content (AvgIpc) is 3.05. The van der Waals surface area contributed by atoms with Crippen LogP contribution in [-0.2, 0) is 30.7 Å². The fraction of sp³-hybridized carbons (Fsp3) is 0.500. The van der Waals surface area contributed by atoms with Crippen LogP contribution in [0.2, 0.25) is 0 Å². The number of nitrogens with zero attached hydrogens (tertiary/aromatic N) is 4. The number of guanidine groups is 1. The third kappa shape index (κ3) is 5.26. The topological polar surface area (TPSA) is 76.4 Å². The summed E-state index contributed by atoms with van der Waals surface area (Å²) in [7, 11) is 3.40. The van der Waals surface area contributed by atoms with Crippen LogP contribution in [0.3, 0.4) is 0 Å². The summed E-state index contributed by atoms with van der Waals surface area (Å²) in [5.74, 6) is 2.23.